The van der Waals surface area contributed by atoms with Crippen molar-refractivity contribution in [3.63, 3.8) is 0 Å². The number of ether oxygens (including phenoxy) is 1. The molecule has 10 N–H and O–H groups in total. The smallest absolute Gasteiger partial charge is 0.394 e. The lowest BCUT2D eigenvalue weighted by molar-refractivity contribution is -0.124. The topological polar surface area (TPSA) is 284 Å². The molecule has 2 aromatic rings. The zero-order valence-corrected chi connectivity index (χ0v) is 15.9. The molecule has 2 aromatic heterocycles. The molecule has 3 heterocycles. The van der Waals surface area contributed by atoms with Gasteiger partial charge in [-0.3, -0.25) is 18.8 Å². The number of aromatic amines is 2. The molecule has 0 bridgehead atoms. The molecule has 3 rings (SSSR count). The van der Waals surface area contributed by atoms with E-state index in [1.165, 1.54) is 6.33 Å². The Morgan fingerprint density at radius 2 is 1.83 bits per heavy atom. The van der Waals surface area contributed by atoms with E-state index in [0.29, 0.717) is 11.2 Å². The summed E-state index contributed by atoms with van der Waals surface area (Å²) in [5.41, 5.74) is 5.65. The number of phosphoric acid groups is 2. The van der Waals surface area contributed by atoms with Gasteiger partial charge in [0, 0.05) is 0 Å². The van der Waals surface area contributed by atoms with Crippen LogP contribution in [0, 0.1) is 0 Å². The minimum atomic E-state index is -5.05. The number of aliphatic hydroxyl groups is 2. The van der Waals surface area contributed by atoms with Crippen molar-refractivity contribution in [2.75, 3.05) is 12.3 Å². The Morgan fingerprint density at radius 3 is 2.38 bits per heavy atom. The molecule has 0 aliphatic carbocycles. The lowest BCUT2D eigenvalue weighted by Gasteiger charge is -2.20. The lowest BCUT2D eigenvalue weighted by Crippen LogP contribution is -2.36. The van der Waals surface area contributed by atoms with E-state index in [-0.39, 0.29) is 11.5 Å². The van der Waals surface area contributed by atoms with Crippen molar-refractivity contribution in [2.45, 2.75) is 24.6 Å². The maximum Gasteiger partial charge on any atom is 0.472 e. The van der Waals surface area contributed by atoms with Crippen LogP contribution in [0.1, 0.15) is 0 Å². The number of hydrogen-bond donors (Lipinski definition) is 9. The van der Waals surface area contributed by atoms with Crippen molar-refractivity contribution in [2.24, 2.45) is 0 Å². The van der Waals surface area contributed by atoms with Gasteiger partial charge in [0.1, 0.15) is 18.3 Å². The van der Waals surface area contributed by atoms with E-state index < -0.39 is 46.9 Å². The second kappa shape index (κ2) is 8.95. The van der Waals surface area contributed by atoms with Gasteiger partial charge in [-0.25, -0.2) is 14.1 Å². The van der Waals surface area contributed by atoms with Crippen molar-refractivity contribution in [1.82, 2.24) is 19.9 Å². The molecule has 29 heavy (non-hydrogen) atoms. The molecule has 1 unspecified atom stereocenters. The van der Waals surface area contributed by atoms with Gasteiger partial charge in [0.25, 0.3) is 5.56 Å². The van der Waals surface area contributed by atoms with Crippen LogP contribution in [-0.4, -0.2) is 80.9 Å². The highest BCUT2D eigenvalue weighted by molar-refractivity contribution is 7.46. The summed E-state index contributed by atoms with van der Waals surface area (Å²) >= 11 is 0. The normalized spacial score (nSPS) is 25.0. The van der Waals surface area contributed by atoms with Crippen LogP contribution in [0.25, 0.3) is 11.2 Å². The number of nitrogens with zero attached hydrogens (tertiary/aromatic N) is 2. The third-order valence-electron chi connectivity index (χ3n) is 3.29. The predicted molar refractivity (Wildman–Crippen MR) is 90.7 cm³/mol. The Balaban J connectivity index is 0.000000230. The fraction of sp³-hybridized carbons (Fsp3) is 0.500. The fourth-order valence-corrected chi connectivity index (χ4v) is 3.19. The number of imidazole rings is 1. The van der Waals surface area contributed by atoms with Crippen LogP contribution >= 0.6 is 15.6 Å². The number of fused-ring (bicyclic) bond motifs is 1. The van der Waals surface area contributed by atoms with Gasteiger partial charge in [-0.05, 0) is 0 Å². The third kappa shape index (κ3) is 6.63. The number of nitrogen functional groups attached to an aromatic ring is 1. The van der Waals surface area contributed by atoms with E-state index in [2.05, 4.69) is 33.7 Å². The number of anilines is 1. The predicted octanol–water partition coefficient (Wildman–Crippen LogP) is -3.12. The van der Waals surface area contributed by atoms with Gasteiger partial charge in [-0.1, -0.05) is 0 Å². The molecule has 1 aliphatic heterocycles. The Hall–Kier alpha value is -1.75. The Kier molecular flexibility index (Phi) is 7.26. The molecule has 0 aromatic carbocycles. The van der Waals surface area contributed by atoms with Crippen LogP contribution in [0.15, 0.2) is 11.1 Å². The largest absolute Gasteiger partial charge is 0.472 e. The lowest BCUT2D eigenvalue weighted by atomic mass is 10.1. The maximum atomic E-state index is 11.0. The van der Waals surface area contributed by atoms with Crippen LogP contribution in [0.3, 0.4) is 0 Å². The molecule has 0 saturated carbocycles. The van der Waals surface area contributed by atoms with Gasteiger partial charge in [0.15, 0.2) is 17.5 Å². The zero-order valence-electron chi connectivity index (χ0n) is 14.1. The Morgan fingerprint density at radius 1 is 1.21 bits per heavy atom. The fourth-order valence-electron chi connectivity index (χ4n) is 2.20. The number of rotatable bonds is 5. The monoisotopic (exact) mass is 461 g/mol. The summed E-state index contributed by atoms with van der Waals surface area (Å²) in [5, 5.41) is 18.3. The first kappa shape index (κ1) is 23.5. The number of hydrogen-bond acceptors (Lipinski definition) is 11. The maximum absolute atomic E-state index is 11.0. The minimum Gasteiger partial charge on any atom is -0.394 e. The van der Waals surface area contributed by atoms with E-state index in [4.69, 9.17) is 30.4 Å². The zero-order chi connectivity index (χ0) is 22.0. The minimum absolute atomic E-state index is 0.0783. The van der Waals surface area contributed by atoms with Crippen LogP contribution in [-0.2, 0) is 22.9 Å². The molecule has 17 nitrogen and oxygen atoms in total. The Labute approximate surface area is 160 Å². The number of H-pyrrole nitrogens is 2. The molecule has 19 heteroatoms. The van der Waals surface area contributed by atoms with Crippen molar-refractivity contribution in [3.8, 4) is 0 Å². The average molecular weight is 461 g/mol. The quantitative estimate of drug-likeness (QED) is 0.199. The molecular formula is C10H17N5O12P2. The van der Waals surface area contributed by atoms with Crippen LogP contribution in [0.2, 0.25) is 0 Å². The molecule has 1 saturated heterocycles. The highest BCUT2D eigenvalue weighted by Crippen LogP contribution is 2.46. The van der Waals surface area contributed by atoms with Crippen LogP contribution < -0.4 is 11.3 Å². The molecule has 0 amide bonds. The van der Waals surface area contributed by atoms with Crippen molar-refractivity contribution >= 4 is 32.8 Å². The summed E-state index contributed by atoms with van der Waals surface area (Å²) < 4.78 is 34.1. The Bertz CT molecular complexity index is 983. The summed E-state index contributed by atoms with van der Waals surface area (Å²) in [5.74, 6) is 0.0783. The van der Waals surface area contributed by atoms with Gasteiger partial charge in [0.2, 0.25) is 5.95 Å². The molecule has 1 fully saturated rings. The SMILES string of the molecule is Nc1nc2nc[nH]c2c(=O)[nH]1.O=P(O)(O)OC1O[C@H](CO)[C@@H](O)[C@H]1OP(=O)(O)O. The number of nitrogens with two attached hydrogens (primary N) is 1. The van der Waals surface area contributed by atoms with E-state index in [1.54, 1.807) is 0 Å². The summed E-state index contributed by atoms with van der Waals surface area (Å²) in [6, 6.07) is 0. The first-order valence-corrected chi connectivity index (χ1v) is 10.5. The number of aromatic nitrogens is 4. The number of nitrogens with one attached hydrogen (secondary N) is 2. The van der Waals surface area contributed by atoms with E-state index in [1.807, 2.05) is 0 Å². The summed E-state index contributed by atoms with van der Waals surface area (Å²) in [6.45, 7) is -0.761. The molecular weight excluding hydrogens is 444 g/mol. The van der Waals surface area contributed by atoms with Gasteiger partial charge in [-0.2, -0.15) is 4.98 Å². The second-order valence-electron chi connectivity index (χ2n) is 5.42. The first-order chi connectivity index (χ1) is 13.3. The van der Waals surface area contributed by atoms with E-state index in [9.17, 15) is 19.0 Å². The van der Waals surface area contributed by atoms with Gasteiger partial charge >= 0.3 is 15.6 Å². The van der Waals surface area contributed by atoms with Gasteiger partial charge in [-0.15, -0.1) is 0 Å². The summed E-state index contributed by atoms with van der Waals surface area (Å²) in [7, 11) is -10.1. The third-order valence-corrected chi connectivity index (χ3v) is 4.29. The number of aliphatic hydroxyl groups excluding tert-OH is 2. The van der Waals surface area contributed by atoms with E-state index >= 15 is 0 Å². The molecule has 164 valence electrons. The molecule has 1 aliphatic rings. The molecule has 0 spiro atoms. The number of phosphoric ester groups is 2. The van der Waals surface area contributed by atoms with Crippen LogP contribution in [0.5, 0.6) is 0 Å². The molecule has 0 radical (unpaired) electrons. The van der Waals surface area contributed by atoms with E-state index in [0.717, 1.165) is 0 Å². The first-order valence-electron chi connectivity index (χ1n) is 7.42. The van der Waals surface area contributed by atoms with Gasteiger partial charge < -0.3 is 45.2 Å². The van der Waals surface area contributed by atoms with Crippen molar-refractivity contribution in [3.05, 3.63) is 16.7 Å². The van der Waals surface area contributed by atoms with Crippen molar-refractivity contribution in [1.29, 1.82) is 0 Å². The van der Waals surface area contributed by atoms with Crippen molar-refractivity contribution < 1.29 is 52.7 Å². The standard InChI is InChI=1S/C5H5N5O.C5H12O11P2/c6-5-9-3-2(4(11)10-5)7-1-8-3;6-1-2-3(7)4(15-17(8,9)10)5(14-2)16-18(11,12)13/h1H,(H4,6,7,8,9,10,11);2-7H,1H2,(H2,8,9,10)(H2,11,12,13)/t;2-,3-,4-,5?/m.1/s1. The average Bonchev–Trinajstić information content (AvgIpc) is 3.12. The molecule has 4 atom stereocenters. The summed E-state index contributed by atoms with van der Waals surface area (Å²) in [4.78, 5) is 57.8. The van der Waals surface area contributed by atoms with Crippen LogP contribution in [0.4, 0.5) is 5.95 Å². The summed E-state index contributed by atoms with van der Waals surface area (Å²) in [6.07, 6.45) is -5.45. The highest BCUT2D eigenvalue weighted by Gasteiger charge is 2.50. The highest BCUT2D eigenvalue weighted by atomic mass is 31.2. The van der Waals surface area contributed by atoms with Gasteiger partial charge in [0.05, 0.1) is 12.9 Å². The second-order valence-corrected chi connectivity index (χ2v) is 7.81.